The molecule has 0 bridgehead atoms. The van der Waals surface area contributed by atoms with Gasteiger partial charge in [-0.3, -0.25) is 9.59 Å². The Kier molecular flexibility index (Phi) is 14.4. The highest BCUT2D eigenvalue weighted by atomic mass is 16.6. The van der Waals surface area contributed by atoms with Crippen molar-refractivity contribution in [3.8, 4) is 0 Å². The van der Waals surface area contributed by atoms with E-state index in [-0.39, 0.29) is 26.1 Å². The average Bonchev–Trinajstić information content (AvgIpc) is 2.85. The summed E-state index contributed by atoms with van der Waals surface area (Å²) in [7, 11) is 1.59. The molecule has 10 nitrogen and oxygen atoms in total. The summed E-state index contributed by atoms with van der Waals surface area (Å²) in [6.45, 7) is 1.12. The van der Waals surface area contributed by atoms with Crippen molar-refractivity contribution in [2.75, 3.05) is 20.1 Å². The molecule has 0 unspecified atom stereocenters. The van der Waals surface area contributed by atoms with Crippen molar-refractivity contribution < 1.29 is 38.9 Å². The number of carbonyl (C=O) groups excluding carboxylic acids is 2. The van der Waals surface area contributed by atoms with Gasteiger partial charge in [0, 0.05) is 33.0 Å². The van der Waals surface area contributed by atoms with Crippen LogP contribution in [0.25, 0.3) is 0 Å². The smallest absolute Gasteiger partial charge is 0.409 e. The number of hydrogen-bond donors (Lipinski definition) is 3. The van der Waals surface area contributed by atoms with E-state index in [2.05, 4.69) is 5.32 Å². The molecule has 3 N–H and O–H groups in total. The predicted octanol–water partition coefficient (Wildman–Crippen LogP) is 3.90. The number of nitrogens with one attached hydrogen (secondary N) is 1. The molecule has 0 fully saturated rings. The Bertz CT molecular complexity index is 906. The van der Waals surface area contributed by atoms with Crippen molar-refractivity contribution in [2.45, 2.75) is 38.9 Å². The number of ether oxygens (including phenoxy) is 2. The summed E-state index contributed by atoms with van der Waals surface area (Å²) in [5.74, 6) is -1.73. The largest absolute Gasteiger partial charge is 0.481 e. The van der Waals surface area contributed by atoms with Crippen LogP contribution in [0.5, 0.6) is 0 Å². The first-order valence-electron chi connectivity index (χ1n) is 11.1. The Morgan fingerprint density at radius 1 is 0.771 bits per heavy atom. The Hall–Kier alpha value is -4.08. The van der Waals surface area contributed by atoms with Crippen LogP contribution in [0.3, 0.4) is 0 Å². The molecule has 2 amide bonds. The quantitative estimate of drug-likeness (QED) is 0.382. The molecule has 0 spiro atoms. The Morgan fingerprint density at radius 2 is 1.26 bits per heavy atom. The first kappa shape index (κ1) is 29.0. The Morgan fingerprint density at radius 3 is 1.77 bits per heavy atom. The molecule has 0 saturated carbocycles. The SMILES string of the molecule is CN(CCCC(=O)O)C(=O)OCc1ccccc1.O=C(O)CCCNC(=O)OCc1ccccc1. The van der Waals surface area contributed by atoms with Gasteiger partial charge in [-0.2, -0.15) is 0 Å². The number of aliphatic carboxylic acids is 2. The molecular formula is C25H32N2O8. The van der Waals surface area contributed by atoms with E-state index >= 15 is 0 Å². The Labute approximate surface area is 204 Å². The molecule has 0 atom stereocenters. The van der Waals surface area contributed by atoms with Crippen LogP contribution in [0.15, 0.2) is 60.7 Å². The lowest BCUT2D eigenvalue weighted by molar-refractivity contribution is -0.138. The average molecular weight is 489 g/mol. The Balaban J connectivity index is 0.000000351. The van der Waals surface area contributed by atoms with Gasteiger partial charge in [-0.15, -0.1) is 0 Å². The molecule has 0 saturated heterocycles. The van der Waals surface area contributed by atoms with E-state index in [1.807, 2.05) is 60.7 Å². The number of rotatable bonds is 12. The summed E-state index contributed by atoms with van der Waals surface area (Å²) in [6, 6.07) is 18.7. The monoisotopic (exact) mass is 488 g/mol. The molecule has 35 heavy (non-hydrogen) atoms. The van der Waals surface area contributed by atoms with E-state index in [4.69, 9.17) is 19.7 Å². The molecule has 0 aromatic heterocycles. The van der Waals surface area contributed by atoms with Crippen LogP contribution in [-0.2, 0) is 32.3 Å². The summed E-state index contributed by atoms with van der Waals surface area (Å²) in [5.41, 5.74) is 1.83. The third kappa shape index (κ3) is 15.4. The molecule has 0 heterocycles. The second-order valence-electron chi connectivity index (χ2n) is 7.44. The molecule has 2 rings (SSSR count). The molecule has 0 aliphatic rings. The fourth-order valence-electron chi connectivity index (χ4n) is 2.59. The van der Waals surface area contributed by atoms with Crippen molar-refractivity contribution in [3.05, 3.63) is 71.8 Å². The van der Waals surface area contributed by atoms with Crippen molar-refractivity contribution >= 4 is 24.1 Å². The number of benzene rings is 2. The van der Waals surface area contributed by atoms with Crippen molar-refractivity contribution in [3.63, 3.8) is 0 Å². The van der Waals surface area contributed by atoms with Gasteiger partial charge in [0.15, 0.2) is 0 Å². The minimum Gasteiger partial charge on any atom is -0.481 e. The maximum Gasteiger partial charge on any atom is 0.409 e. The lowest BCUT2D eigenvalue weighted by Crippen LogP contribution is -2.28. The first-order valence-corrected chi connectivity index (χ1v) is 11.1. The summed E-state index contributed by atoms with van der Waals surface area (Å²) in [6.07, 6.45) is -0.0550. The van der Waals surface area contributed by atoms with E-state index in [0.29, 0.717) is 25.9 Å². The van der Waals surface area contributed by atoms with Crippen LogP contribution in [0.4, 0.5) is 9.59 Å². The first-order chi connectivity index (χ1) is 16.8. The van der Waals surface area contributed by atoms with E-state index in [0.717, 1.165) is 11.1 Å². The van der Waals surface area contributed by atoms with Crippen LogP contribution in [0.1, 0.15) is 36.8 Å². The topological polar surface area (TPSA) is 142 Å². The summed E-state index contributed by atoms with van der Waals surface area (Å²) >= 11 is 0. The standard InChI is InChI=1S/C13H17NO4.C12H15NO4/c1-14(9-5-8-12(15)16)13(17)18-10-11-6-3-2-4-7-11;14-11(15)7-4-8-13-12(16)17-9-10-5-2-1-3-6-10/h2-4,6-7H,5,8-10H2,1H3,(H,15,16);1-3,5-6H,4,7-9H2,(H,13,16)(H,14,15). The van der Waals surface area contributed by atoms with Gasteiger partial charge in [0.2, 0.25) is 0 Å². The highest BCUT2D eigenvalue weighted by Gasteiger charge is 2.10. The van der Waals surface area contributed by atoms with Crippen LogP contribution < -0.4 is 5.32 Å². The molecule has 2 aromatic carbocycles. The predicted molar refractivity (Wildman–Crippen MR) is 128 cm³/mol. The maximum absolute atomic E-state index is 11.5. The summed E-state index contributed by atoms with van der Waals surface area (Å²) in [5, 5.41) is 19.4. The molecular weight excluding hydrogens is 456 g/mol. The number of carboxylic acid groups (broad SMARTS) is 2. The minimum atomic E-state index is -0.871. The maximum atomic E-state index is 11.5. The number of alkyl carbamates (subject to hydrolysis) is 1. The second-order valence-corrected chi connectivity index (χ2v) is 7.44. The van der Waals surface area contributed by atoms with Crippen molar-refractivity contribution in [1.82, 2.24) is 10.2 Å². The summed E-state index contributed by atoms with van der Waals surface area (Å²) in [4.78, 5) is 44.6. The number of hydrogen-bond acceptors (Lipinski definition) is 6. The molecule has 0 aliphatic heterocycles. The molecule has 2 aromatic rings. The summed E-state index contributed by atoms with van der Waals surface area (Å²) < 4.78 is 10.0. The fourth-order valence-corrected chi connectivity index (χ4v) is 2.59. The third-order valence-corrected chi connectivity index (χ3v) is 4.45. The highest BCUT2D eigenvalue weighted by molar-refractivity contribution is 5.69. The van der Waals surface area contributed by atoms with E-state index in [9.17, 15) is 19.2 Å². The second kappa shape index (κ2) is 17.4. The fraction of sp³-hybridized carbons (Fsp3) is 0.360. The van der Waals surface area contributed by atoms with Crippen LogP contribution in [-0.4, -0.2) is 59.4 Å². The zero-order valence-corrected chi connectivity index (χ0v) is 19.7. The normalized spacial score (nSPS) is 9.74. The van der Waals surface area contributed by atoms with Gasteiger partial charge in [-0.1, -0.05) is 60.7 Å². The molecule has 0 radical (unpaired) electrons. The molecule has 10 heteroatoms. The zero-order valence-electron chi connectivity index (χ0n) is 19.7. The van der Waals surface area contributed by atoms with Crippen LogP contribution in [0, 0.1) is 0 Å². The van der Waals surface area contributed by atoms with Gasteiger partial charge >= 0.3 is 24.1 Å². The van der Waals surface area contributed by atoms with Gasteiger partial charge in [-0.25, -0.2) is 9.59 Å². The minimum absolute atomic E-state index is 0.0406. The van der Waals surface area contributed by atoms with Crippen molar-refractivity contribution in [1.29, 1.82) is 0 Å². The van der Waals surface area contributed by atoms with Gasteiger partial charge in [-0.05, 0) is 24.0 Å². The van der Waals surface area contributed by atoms with Gasteiger partial charge in [0.25, 0.3) is 0 Å². The van der Waals surface area contributed by atoms with Crippen molar-refractivity contribution in [2.24, 2.45) is 0 Å². The van der Waals surface area contributed by atoms with Crippen LogP contribution in [0.2, 0.25) is 0 Å². The molecule has 190 valence electrons. The number of carboxylic acids is 2. The number of nitrogens with zero attached hydrogens (tertiary/aromatic N) is 1. The van der Waals surface area contributed by atoms with Gasteiger partial charge in [0.05, 0.1) is 0 Å². The lowest BCUT2D eigenvalue weighted by atomic mass is 10.2. The lowest BCUT2D eigenvalue weighted by Gasteiger charge is -2.16. The third-order valence-electron chi connectivity index (χ3n) is 4.45. The number of carbonyl (C=O) groups is 4. The van der Waals surface area contributed by atoms with Gasteiger partial charge < -0.3 is 29.9 Å². The highest BCUT2D eigenvalue weighted by Crippen LogP contribution is 2.03. The van der Waals surface area contributed by atoms with E-state index in [1.165, 1.54) is 4.90 Å². The van der Waals surface area contributed by atoms with Gasteiger partial charge in [0.1, 0.15) is 13.2 Å². The molecule has 0 aliphatic carbocycles. The van der Waals surface area contributed by atoms with E-state index in [1.54, 1.807) is 7.05 Å². The number of amides is 2. The zero-order chi connectivity index (χ0) is 25.9. The van der Waals surface area contributed by atoms with Crippen LogP contribution >= 0.6 is 0 Å². The van der Waals surface area contributed by atoms with E-state index < -0.39 is 24.1 Å².